The van der Waals surface area contributed by atoms with E-state index < -0.39 is 6.04 Å². The number of hydrogen-bond donors (Lipinski definition) is 0. The van der Waals surface area contributed by atoms with Crippen LogP contribution in [0, 0.1) is 22.0 Å². The standard InChI is InChI=1S/C10H17NO3/c1-2-8(7-12)9-5-3-4-6-10(9)11(13)14/h7-10H,2-6H2,1H3. The van der Waals surface area contributed by atoms with Gasteiger partial charge >= 0.3 is 0 Å². The van der Waals surface area contributed by atoms with Crippen LogP contribution in [0.2, 0.25) is 0 Å². The molecule has 1 rings (SSSR count). The highest BCUT2D eigenvalue weighted by atomic mass is 16.6. The van der Waals surface area contributed by atoms with E-state index >= 15 is 0 Å². The minimum absolute atomic E-state index is 0.0266. The number of hydrogen-bond acceptors (Lipinski definition) is 3. The van der Waals surface area contributed by atoms with Crippen LogP contribution >= 0.6 is 0 Å². The van der Waals surface area contributed by atoms with E-state index in [1.165, 1.54) is 0 Å². The molecule has 4 nitrogen and oxygen atoms in total. The molecule has 1 aliphatic carbocycles. The number of rotatable bonds is 4. The minimum atomic E-state index is -0.487. The first kappa shape index (κ1) is 11.1. The van der Waals surface area contributed by atoms with Gasteiger partial charge in [-0.15, -0.1) is 0 Å². The van der Waals surface area contributed by atoms with Gasteiger partial charge < -0.3 is 4.79 Å². The van der Waals surface area contributed by atoms with Crippen molar-refractivity contribution in [1.82, 2.24) is 0 Å². The number of aldehydes is 1. The van der Waals surface area contributed by atoms with Crippen LogP contribution < -0.4 is 0 Å². The smallest absolute Gasteiger partial charge is 0.216 e. The Hall–Kier alpha value is -0.930. The van der Waals surface area contributed by atoms with Gasteiger partial charge in [-0.3, -0.25) is 10.1 Å². The fourth-order valence-corrected chi connectivity index (χ4v) is 2.40. The molecule has 0 saturated heterocycles. The average Bonchev–Trinajstić information content (AvgIpc) is 2.20. The molecule has 0 aliphatic heterocycles. The van der Waals surface area contributed by atoms with Crippen molar-refractivity contribution in [3.05, 3.63) is 10.1 Å². The molecular weight excluding hydrogens is 182 g/mol. The molecule has 14 heavy (non-hydrogen) atoms. The molecule has 0 bridgehead atoms. The summed E-state index contributed by atoms with van der Waals surface area (Å²) in [5.74, 6) is -0.146. The second kappa shape index (κ2) is 5.08. The Labute approximate surface area is 83.8 Å². The van der Waals surface area contributed by atoms with Gasteiger partial charge in [-0.1, -0.05) is 13.3 Å². The van der Waals surface area contributed by atoms with Crippen molar-refractivity contribution in [2.24, 2.45) is 11.8 Å². The topological polar surface area (TPSA) is 60.2 Å². The van der Waals surface area contributed by atoms with Gasteiger partial charge in [0.1, 0.15) is 6.29 Å². The number of carbonyl (C=O) groups is 1. The van der Waals surface area contributed by atoms with Gasteiger partial charge in [-0.25, -0.2) is 0 Å². The highest BCUT2D eigenvalue weighted by Crippen LogP contribution is 2.32. The Balaban J connectivity index is 2.70. The van der Waals surface area contributed by atoms with Crippen LogP contribution in [0.4, 0.5) is 0 Å². The van der Waals surface area contributed by atoms with Crippen LogP contribution in [0.25, 0.3) is 0 Å². The molecule has 1 saturated carbocycles. The third-order valence-electron chi connectivity index (χ3n) is 3.25. The molecule has 1 fully saturated rings. The Kier molecular flexibility index (Phi) is 4.04. The summed E-state index contributed by atoms with van der Waals surface area (Å²) in [6, 6.07) is -0.487. The molecule has 0 amide bonds. The Bertz CT molecular complexity index is 217. The maximum Gasteiger partial charge on any atom is 0.216 e. The van der Waals surface area contributed by atoms with Crippen molar-refractivity contribution >= 4 is 6.29 Å². The second-order valence-corrected chi connectivity index (χ2v) is 4.01. The molecule has 80 valence electrons. The van der Waals surface area contributed by atoms with E-state index in [-0.39, 0.29) is 16.8 Å². The van der Waals surface area contributed by atoms with Crippen LogP contribution in [0.5, 0.6) is 0 Å². The fourth-order valence-electron chi connectivity index (χ4n) is 2.40. The van der Waals surface area contributed by atoms with Gasteiger partial charge in [-0.05, 0) is 19.3 Å². The van der Waals surface area contributed by atoms with Crippen molar-refractivity contribution in [1.29, 1.82) is 0 Å². The average molecular weight is 199 g/mol. The molecule has 1 aliphatic rings. The third kappa shape index (κ3) is 2.30. The van der Waals surface area contributed by atoms with Crippen LogP contribution in [-0.4, -0.2) is 17.3 Å². The lowest BCUT2D eigenvalue weighted by Crippen LogP contribution is -2.37. The van der Waals surface area contributed by atoms with Gasteiger partial charge in [-0.2, -0.15) is 0 Å². The number of carbonyl (C=O) groups excluding carboxylic acids is 1. The number of nitrogens with zero attached hydrogens (tertiary/aromatic N) is 1. The maximum atomic E-state index is 10.8. The quantitative estimate of drug-likeness (QED) is 0.395. The van der Waals surface area contributed by atoms with Crippen molar-refractivity contribution in [3.63, 3.8) is 0 Å². The predicted octanol–water partition coefficient (Wildman–Crippen LogP) is 2.05. The van der Waals surface area contributed by atoms with Crippen molar-refractivity contribution in [3.8, 4) is 0 Å². The van der Waals surface area contributed by atoms with E-state index in [1.54, 1.807) is 0 Å². The van der Waals surface area contributed by atoms with Gasteiger partial charge in [0, 0.05) is 23.2 Å². The van der Waals surface area contributed by atoms with Crippen molar-refractivity contribution in [2.45, 2.75) is 45.1 Å². The molecule has 0 aromatic carbocycles. The summed E-state index contributed by atoms with van der Waals surface area (Å²) in [7, 11) is 0. The molecule has 0 aromatic heterocycles. The largest absolute Gasteiger partial charge is 0.303 e. The van der Waals surface area contributed by atoms with E-state index in [0.717, 1.165) is 32.0 Å². The second-order valence-electron chi connectivity index (χ2n) is 4.01. The maximum absolute atomic E-state index is 10.8. The van der Waals surface area contributed by atoms with E-state index in [4.69, 9.17) is 0 Å². The van der Waals surface area contributed by atoms with Crippen LogP contribution in [0.1, 0.15) is 39.0 Å². The lowest BCUT2D eigenvalue weighted by Gasteiger charge is -2.28. The van der Waals surface area contributed by atoms with Gasteiger partial charge in [0.15, 0.2) is 0 Å². The molecule has 4 heteroatoms. The normalized spacial score (nSPS) is 29.5. The zero-order valence-corrected chi connectivity index (χ0v) is 8.52. The lowest BCUT2D eigenvalue weighted by atomic mass is 9.76. The first-order valence-corrected chi connectivity index (χ1v) is 5.29. The van der Waals surface area contributed by atoms with Crippen molar-refractivity contribution < 1.29 is 9.72 Å². The SMILES string of the molecule is CCC(C=O)C1CCCCC1[N+](=O)[O-]. The monoisotopic (exact) mass is 199 g/mol. The summed E-state index contributed by atoms with van der Waals surface area (Å²) in [5, 5.41) is 10.8. The summed E-state index contributed by atoms with van der Waals surface area (Å²) < 4.78 is 0. The zero-order chi connectivity index (χ0) is 10.6. The Morgan fingerprint density at radius 1 is 1.50 bits per heavy atom. The molecule has 0 radical (unpaired) electrons. The van der Waals surface area contributed by atoms with Gasteiger partial charge in [0.05, 0.1) is 0 Å². The summed E-state index contributed by atoms with van der Waals surface area (Å²) in [6.07, 6.45) is 5.05. The molecular formula is C10H17NO3. The lowest BCUT2D eigenvalue weighted by molar-refractivity contribution is -0.537. The van der Waals surface area contributed by atoms with Crippen molar-refractivity contribution in [2.75, 3.05) is 0 Å². The summed E-state index contributed by atoms with van der Waals surface area (Å²) >= 11 is 0. The van der Waals surface area contributed by atoms with Crippen LogP contribution in [0.3, 0.4) is 0 Å². The summed E-state index contributed by atoms with van der Waals surface area (Å²) in [5.41, 5.74) is 0. The third-order valence-corrected chi connectivity index (χ3v) is 3.25. The molecule has 0 aromatic rings. The van der Waals surface area contributed by atoms with E-state index in [0.29, 0.717) is 6.42 Å². The van der Waals surface area contributed by atoms with Crippen LogP contribution in [0.15, 0.2) is 0 Å². The fraction of sp³-hybridized carbons (Fsp3) is 0.900. The molecule has 0 spiro atoms. The summed E-state index contributed by atoms with van der Waals surface area (Å²) in [4.78, 5) is 21.4. The van der Waals surface area contributed by atoms with E-state index in [1.807, 2.05) is 6.92 Å². The highest BCUT2D eigenvalue weighted by Gasteiger charge is 2.38. The van der Waals surface area contributed by atoms with Crippen LogP contribution in [-0.2, 0) is 4.79 Å². The first-order valence-electron chi connectivity index (χ1n) is 5.29. The first-order chi connectivity index (χ1) is 6.70. The Morgan fingerprint density at radius 3 is 2.64 bits per heavy atom. The molecule has 0 N–H and O–H groups in total. The molecule has 0 heterocycles. The molecule has 3 atom stereocenters. The predicted molar refractivity (Wildman–Crippen MR) is 52.6 cm³/mol. The van der Waals surface area contributed by atoms with Gasteiger partial charge in [0.2, 0.25) is 6.04 Å². The van der Waals surface area contributed by atoms with Gasteiger partial charge in [0.25, 0.3) is 0 Å². The highest BCUT2D eigenvalue weighted by molar-refractivity contribution is 5.54. The van der Waals surface area contributed by atoms with E-state index in [2.05, 4.69) is 0 Å². The van der Waals surface area contributed by atoms with E-state index in [9.17, 15) is 14.9 Å². The number of nitro groups is 1. The zero-order valence-electron chi connectivity index (χ0n) is 8.52. The molecule has 3 unspecified atom stereocenters. The Morgan fingerprint density at radius 2 is 2.14 bits per heavy atom. The minimum Gasteiger partial charge on any atom is -0.303 e. The summed E-state index contributed by atoms with van der Waals surface area (Å²) in [6.45, 7) is 1.92.